The molecule has 3 rings (SSSR count). The Morgan fingerprint density at radius 2 is 1.92 bits per heavy atom. The summed E-state index contributed by atoms with van der Waals surface area (Å²) in [5.74, 6) is 0.367. The van der Waals surface area contributed by atoms with Crippen LogP contribution < -0.4 is 10.6 Å². The number of hydrogen-bond donors (Lipinski definition) is 3. The van der Waals surface area contributed by atoms with Crippen molar-refractivity contribution >= 4 is 22.8 Å². The van der Waals surface area contributed by atoms with Crippen molar-refractivity contribution in [2.75, 3.05) is 39.0 Å². The molecule has 3 aromatic rings. The molecular formula is C19H24N6O. The smallest absolute Gasteiger partial charge is 0.254 e. The van der Waals surface area contributed by atoms with Gasteiger partial charge in [0.2, 0.25) is 5.95 Å². The molecule has 2 heterocycles. The number of likely N-dealkylation sites (N-methyl/N-ethyl adjacent to an activating group) is 1. The number of para-hydroxylation sites is 1. The van der Waals surface area contributed by atoms with Crippen molar-refractivity contribution in [3.05, 3.63) is 54.0 Å². The van der Waals surface area contributed by atoms with E-state index in [1.54, 1.807) is 12.4 Å². The van der Waals surface area contributed by atoms with Crippen LogP contribution in [0.5, 0.6) is 0 Å². The molecule has 0 aliphatic rings. The van der Waals surface area contributed by atoms with Crippen molar-refractivity contribution in [2.24, 2.45) is 0 Å². The van der Waals surface area contributed by atoms with Crippen molar-refractivity contribution in [2.45, 2.75) is 6.42 Å². The Labute approximate surface area is 152 Å². The molecule has 136 valence electrons. The SMILES string of the molecule is CN(C)CCNC(=O)c1cnc(NCCc2c[nH]c3ccccc23)nc1. The molecule has 1 aromatic carbocycles. The van der Waals surface area contributed by atoms with Gasteiger partial charge >= 0.3 is 0 Å². The summed E-state index contributed by atoms with van der Waals surface area (Å²) in [5, 5.41) is 7.28. The second-order valence-corrected chi connectivity index (χ2v) is 6.39. The minimum Gasteiger partial charge on any atom is -0.361 e. The highest BCUT2D eigenvalue weighted by Gasteiger charge is 2.07. The summed E-state index contributed by atoms with van der Waals surface area (Å²) in [6, 6.07) is 8.24. The van der Waals surface area contributed by atoms with Crippen LogP contribution in [0.1, 0.15) is 15.9 Å². The maximum atomic E-state index is 12.0. The van der Waals surface area contributed by atoms with E-state index in [0.717, 1.165) is 25.0 Å². The van der Waals surface area contributed by atoms with E-state index in [1.165, 1.54) is 10.9 Å². The van der Waals surface area contributed by atoms with E-state index in [9.17, 15) is 4.79 Å². The average Bonchev–Trinajstić information content (AvgIpc) is 3.05. The summed E-state index contributed by atoms with van der Waals surface area (Å²) in [5.41, 5.74) is 2.86. The molecular weight excluding hydrogens is 328 g/mol. The maximum Gasteiger partial charge on any atom is 0.254 e. The van der Waals surface area contributed by atoms with Gasteiger partial charge in [-0.1, -0.05) is 18.2 Å². The number of aromatic amines is 1. The summed E-state index contributed by atoms with van der Waals surface area (Å²) in [7, 11) is 3.93. The number of H-pyrrole nitrogens is 1. The summed E-state index contributed by atoms with van der Waals surface area (Å²) in [6.07, 6.45) is 5.99. The van der Waals surface area contributed by atoms with E-state index in [1.807, 2.05) is 37.3 Å². The molecule has 0 fully saturated rings. The summed E-state index contributed by atoms with van der Waals surface area (Å²) in [6.45, 7) is 2.10. The number of aromatic nitrogens is 3. The van der Waals surface area contributed by atoms with Gasteiger partial charge in [-0.3, -0.25) is 4.79 Å². The number of carbonyl (C=O) groups is 1. The van der Waals surface area contributed by atoms with Crippen LogP contribution in [0.3, 0.4) is 0 Å². The lowest BCUT2D eigenvalue weighted by Gasteiger charge is -2.10. The Balaban J connectivity index is 1.49. The third kappa shape index (κ3) is 4.58. The minimum atomic E-state index is -0.155. The first-order valence-corrected chi connectivity index (χ1v) is 8.67. The van der Waals surface area contributed by atoms with Crippen molar-refractivity contribution in [3.63, 3.8) is 0 Å². The normalized spacial score (nSPS) is 11.0. The Morgan fingerprint density at radius 3 is 2.69 bits per heavy atom. The van der Waals surface area contributed by atoms with Gasteiger partial charge in [-0.25, -0.2) is 9.97 Å². The molecule has 0 aliphatic carbocycles. The molecule has 0 aliphatic heterocycles. The highest BCUT2D eigenvalue weighted by atomic mass is 16.1. The third-order valence-corrected chi connectivity index (χ3v) is 4.11. The second-order valence-electron chi connectivity index (χ2n) is 6.39. The number of nitrogens with one attached hydrogen (secondary N) is 3. The minimum absolute atomic E-state index is 0.155. The predicted molar refractivity (Wildman–Crippen MR) is 103 cm³/mol. The molecule has 7 heteroatoms. The van der Waals surface area contributed by atoms with E-state index < -0.39 is 0 Å². The molecule has 7 nitrogen and oxygen atoms in total. The van der Waals surface area contributed by atoms with Crippen LogP contribution in [0.2, 0.25) is 0 Å². The van der Waals surface area contributed by atoms with Gasteiger partial charge in [-0.2, -0.15) is 0 Å². The molecule has 0 saturated carbocycles. The molecule has 0 atom stereocenters. The van der Waals surface area contributed by atoms with Gasteiger partial charge in [0.25, 0.3) is 5.91 Å². The Bertz CT molecular complexity index is 856. The van der Waals surface area contributed by atoms with Gasteiger partial charge in [0.15, 0.2) is 0 Å². The van der Waals surface area contributed by atoms with E-state index in [-0.39, 0.29) is 5.91 Å². The maximum absolute atomic E-state index is 12.0. The van der Waals surface area contributed by atoms with Gasteiger partial charge in [-0.15, -0.1) is 0 Å². The molecule has 0 unspecified atom stereocenters. The summed E-state index contributed by atoms with van der Waals surface area (Å²) < 4.78 is 0. The number of anilines is 1. The number of fused-ring (bicyclic) bond motifs is 1. The highest BCUT2D eigenvalue weighted by molar-refractivity contribution is 5.93. The van der Waals surface area contributed by atoms with Crippen molar-refractivity contribution < 1.29 is 4.79 Å². The average molecular weight is 352 g/mol. The van der Waals surface area contributed by atoms with Gasteiger partial charge in [0.05, 0.1) is 5.56 Å². The molecule has 3 N–H and O–H groups in total. The molecule has 0 spiro atoms. The number of hydrogen-bond acceptors (Lipinski definition) is 5. The molecule has 2 aromatic heterocycles. The first-order valence-electron chi connectivity index (χ1n) is 8.67. The van der Waals surface area contributed by atoms with E-state index >= 15 is 0 Å². The topological polar surface area (TPSA) is 85.9 Å². The van der Waals surface area contributed by atoms with Crippen molar-refractivity contribution in [1.82, 2.24) is 25.2 Å². The monoisotopic (exact) mass is 352 g/mol. The quantitative estimate of drug-likeness (QED) is 0.576. The summed E-state index contributed by atoms with van der Waals surface area (Å²) >= 11 is 0. The Morgan fingerprint density at radius 1 is 1.15 bits per heavy atom. The zero-order chi connectivity index (χ0) is 18.4. The first-order chi connectivity index (χ1) is 12.6. The van der Waals surface area contributed by atoms with Crippen LogP contribution in [0.25, 0.3) is 10.9 Å². The van der Waals surface area contributed by atoms with Gasteiger partial charge < -0.3 is 20.5 Å². The Hall–Kier alpha value is -2.93. The fraction of sp³-hybridized carbons (Fsp3) is 0.316. The zero-order valence-electron chi connectivity index (χ0n) is 15.1. The summed E-state index contributed by atoms with van der Waals surface area (Å²) in [4.78, 5) is 25.7. The lowest BCUT2D eigenvalue weighted by atomic mass is 10.1. The number of rotatable bonds is 8. The third-order valence-electron chi connectivity index (χ3n) is 4.11. The van der Waals surface area contributed by atoms with E-state index in [4.69, 9.17) is 0 Å². The number of amides is 1. The molecule has 26 heavy (non-hydrogen) atoms. The van der Waals surface area contributed by atoms with Crippen LogP contribution in [0, 0.1) is 0 Å². The zero-order valence-corrected chi connectivity index (χ0v) is 15.1. The predicted octanol–water partition coefficient (Wildman–Crippen LogP) is 1.90. The van der Waals surface area contributed by atoms with Crippen LogP contribution >= 0.6 is 0 Å². The van der Waals surface area contributed by atoms with Gasteiger partial charge in [0.1, 0.15) is 0 Å². The van der Waals surface area contributed by atoms with E-state index in [2.05, 4.69) is 37.7 Å². The first kappa shape index (κ1) is 17.9. The van der Waals surface area contributed by atoms with Crippen LogP contribution in [0.15, 0.2) is 42.9 Å². The fourth-order valence-corrected chi connectivity index (χ4v) is 2.68. The van der Waals surface area contributed by atoms with Crippen LogP contribution in [-0.2, 0) is 6.42 Å². The number of carbonyl (C=O) groups excluding carboxylic acids is 1. The lowest BCUT2D eigenvalue weighted by Crippen LogP contribution is -2.31. The second kappa shape index (κ2) is 8.44. The number of benzene rings is 1. The molecule has 0 saturated heterocycles. The molecule has 0 bridgehead atoms. The van der Waals surface area contributed by atoms with E-state index in [0.29, 0.717) is 18.1 Å². The number of nitrogens with zero attached hydrogens (tertiary/aromatic N) is 3. The highest BCUT2D eigenvalue weighted by Crippen LogP contribution is 2.17. The largest absolute Gasteiger partial charge is 0.361 e. The Kier molecular flexibility index (Phi) is 5.80. The molecule has 0 radical (unpaired) electrons. The van der Waals surface area contributed by atoms with Crippen molar-refractivity contribution in [1.29, 1.82) is 0 Å². The van der Waals surface area contributed by atoms with Crippen LogP contribution in [0.4, 0.5) is 5.95 Å². The van der Waals surface area contributed by atoms with Crippen LogP contribution in [-0.4, -0.2) is 59.5 Å². The fourth-order valence-electron chi connectivity index (χ4n) is 2.68. The molecule has 1 amide bonds. The van der Waals surface area contributed by atoms with Gasteiger partial charge in [0, 0.05) is 49.1 Å². The standard InChI is InChI=1S/C19H24N6O/c1-25(2)10-9-20-18(26)15-12-23-19(24-13-15)21-8-7-14-11-22-17-6-4-3-5-16(14)17/h3-6,11-13,22H,7-10H2,1-2H3,(H,20,26)(H,21,23,24). The van der Waals surface area contributed by atoms with Crippen molar-refractivity contribution in [3.8, 4) is 0 Å². The van der Waals surface area contributed by atoms with Gasteiger partial charge in [-0.05, 0) is 32.1 Å². The lowest BCUT2D eigenvalue weighted by molar-refractivity contribution is 0.0950.